The van der Waals surface area contributed by atoms with Crippen molar-refractivity contribution in [3.8, 4) is 0 Å². The molecule has 3 aliphatic heterocycles. The summed E-state index contributed by atoms with van der Waals surface area (Å²) in [6, 6.07) is 9.55. The fraction of sp³-hybridized carbons (Fsp3) is 0.714. The van der Waals surface area contributed by atoms with E-state index in [2.05, 4.69) is 53.2 Å². The number of para-hydroxylation sites is 1. The van der Waals surface area contributed by atoms with Crippen LogP contribution in [0.2, 0.25) is 0 Å². The Balaban J connectivity index is 1.50. The minimum Gasteiger partial charge on any atom is -0.385 e. The van der Waals surface area contributed by atoms with Crippen molar-refractivity contribution in [1.82, 2.24) is 14.7 Å². The normalized spacial score (nSPS) is 24.5. The van der Waals surface area contributed by atoms with Gasteiger partial charge in [0, 0.05) is 63.8 Å². The van der Waals surface area contributed by atoms with Gasteiger partial charge in [-0.25, -0.2) is 0 Å². The summed E-state index contributed by atoms with van der Waals surface area (Å²) in [5, 5.41) is 3.68. The molecule has 0 saturated carbocycles. The highest BCUT2D eigenvalue weighted by Gasteiger charge is 2.36. The Hall–Kier alpha value is -2.08. The Morgan fingerprint density at radius 2 is 1.74 bits per heavy atom. The molecular weight excluding hydrogens is 424 g/mol. The molecule has 4 rings (SSSR count). The maximum atomic E-state index is 13.7. The van der Waals surface area contributed by atoms with Gasteiger partial charge in [0.1, 0.15) is 0 Å². The number of nitrogens with zero attached hydrogens (tertiary/aromatic N) is 3. The Morgan fingerprint density at radius 1 is 1.00 bits per heavy atom. The summed E-state index contributed by atoms with van der Waals surface area (Å²) < 4.78 is 0. The van der Waals surface area contributed by atoms with Gasteiger partial charge < -0.3 is 15.1 Å². The molecule has 2 fully saturated rings. The number of likely N-dealkylation sites (tertiary alicyclic amines) is 1. The largest absolute Gasteiger partial charge is 0.385 e. The van der Waals surface area contributed by atoms with Gasteiger partial charge in [0.2, 0.25) is 11.8 Å². The van der Waals surface area contributed by atoms with Gasteiger partial charge in [0.25, 0.3) is 0 Å². The molecule has 34 heavy (non-hydrogen) atoms. The first-order valence-electron chi connectivity index (χ1n) is 13.5. The molecule has 3 aliphatic rings. The average molecular weight is 469 g/mol. The van der Waals surface area contributed by atoms with Crippen LogP contribution in [0.15, 0.2) is 24.3 Å². The highest BCUT2D eigenvalue weighted by molar-refractivity contribution is 5.77. The van der Waals surface area contributed by atoms with E-state index in [1.54, 1.807) is 6.92 Å². The molecule has 1 N–H and O–H groups in total. The predicted molar refractivity (Wildman–Crippen MR) is 138 cm³/mol. The van der Waals surface area contributed by atoms with Crippen molar-refractivity contribution in [1.29, 1.82) is 0 Å². The summed E-state index contributed by atoms with van der Waals surface area (Å²) in [4.78, 5) is 32.2. The van der Waals surface area contributed by atoms with E-state index in [0.29, 0.717) is 36.9 Å². The maximum absolute atomic E-state index is 13.7. The summed E-state index contributed by atoms with van der Waals surface area (Å²) in [5.41, 5.74) is 2.38. The second-order valence-electron chi connectivity index (χ2n) is 11.1. The number of nitrogens with one attached hydrogen (secondary N) is 1. The summed E-state index contributed by atoms with van der Waals surface area (Å²) >= 11 is 0. The second-order valence-corrected chi connectivity index (χ2v) is 11.1. The van der Waals surface area contributed by atoms with E-state index >= 15 is 0 Å². The zero-order chi connectivity index (χ0) is 24.1. The maximum Gasteiger partial charge on any atom is 0.223 e. The van der Waals surface area contributed by atoms with Gasteiger partial charge in [-0.2, -0.15) is 0 Å². The van der Waals surface area contributed by atoms with Crippen LogP contribution in [-0.2, 0) is 16.1 Å². The van der Waals surface area contributed by atoms with E-state index in [1.807, 2.05) is 4.90 Å². The fourth-order valence-electron chi connectivity index (χ4n) is 6.04. The third-order valence-corrected chi connectivity index (χ3v) is 8.21. The number of carbonyl (C=O) groups is 2. The minimum absolute atomic E-state index is 0.151. The molecule has 6 nitrogen and oxygen atoms in total. The van der Waals surface area contributed by atoms with Crippen molar-refractivity contribution < 1.29 is 9.59 Å². The number of hydrogen-bond donors (Lipinski definition) is 1. The highest BCUT2D eigenvalue weighted by atomic mass is 16.2. The lowest BCUT2D eigenvalue weighted by atomic mass is 9.92. The van der Waals surface area contributed by atoms with Crippen LogP contribution in [0.4, 0.5) is 5.69 Å². The third-order valence-electron chi connectivity index (χ3n) is 8.21. The molecule has 3 heterocycles. The average Bonchev–Trinajstić information content (AvgIpc) is 3.18. The molecule has 188 valence electrons. The van der Waals surface area contributed by atoms with Gasteiger partial charge in [-0.1, -0.05) is 32.0 Å². The van der Waals surface area contributed by atoms with E-state index in [0.717, 1.165) is 52.0 Å². The Labute approximate surface area is 206 Å². The zero-order valence-corrected chi connectivity index (χ0v) is 21.5. The van der Waals surface area contributed by atoms with Crippen LogP contribution in [0.5, 0.6) is 0 Å². The molecule has 2 bridgehead atoms. The van der Waals surface area contributed by atoms with Crippen LogP contribution >= 0.6 is 0 Å². The Morgan fingerprint density at radius 3 is 2.47 bits per heavy atom. The van der Waals surface area contributed by atoms with Gasteiger partial charge in [-0.15, -0.1) is 0 Å². The predicted octanol–water partition coefficient (Wildman–Crippen LogP) is 4.36. The molecule has 2 atom stereocenters. The number of carbonyl (C=O) groups excluding carboxylic acids is 2. The number of hydrogen-bond acceptors (Lipinski definition) is 4. The van der Waals surface area contributed by atoms with Crippen LogP contribution in [0.3, 0.4) is 0 Å². The summed E-state index contributed by atoms with van der Waals surface area (Å²) in [5.74, 6) is 1.50. The SMILES string of the molecule is CC(=O)N1CCC(CC(=O)N2Cc3ccccc3NCC[C@H]3CC[C@@H](C2)N3CCC(C)C)CC1. The second kappa shape index (κ2) is 11.6. The van der Waals surface area contributed by atoms with Crippen molar-refractivity contribution in [2.24, 2.45) is 11.8 Å². The van der Waals surface area contributed by atoms with Crippen molar-refractivity contribution in [2.75, 3.05) is 38.0 Å². The first-order chi connectivity index (χ1) is 16.4. The van der Waals surface area contributed by atoms with Gasteiger partial charge >= 0.3 is 0 Å². The summed E-state index contributed by atoms with van der Waals surface area (Å²) in [6.45, 7) is 11.4. The van der Waals surface area contributed by atoms with E-state index in [9.17, 15) is 9.59 Å². The van der Waals surface area contributed by atoms with Crippen LogP contribution in [-0.4, -0.2) is 71.3 Å². The summed E-state index contributed by atoms with van der Waals surface area (Å²) in [6.07, 6.45) is 7.26. The molecular formula is C28H44N4O2. The van der Waals surface area contributed by atoms with E-state index in [-0.39, 0.29) is 11.8 Å². The highest BCUT2D eigenvalue weighted by Crippen LogP contribution is 2.31. The third kappa shape index (κ3) is 6.32. The first-order valence-corrected chi connectivity index (χ1v) is 13.5. The molecule has 0 radical (unpaired) electrons. The molecule has 1 aromatic rings. The van der Waals surface area contributed by atoms with Crippen LogP contribution < -0.4 is 5.32 Å². The summed E-state index contributed by atoms with van der Waals surface area (Å²) in [7, 11) is 0. The number of fused-ring (bicyclic) bond motifs is 3. The van der Waals surface area contributed by atoms with Gasteiger partial charge in [0.15, 0.2) is 0 Å². The van der Waals surface area contributed by atoms with Crippen molar-refractivity contribution in [3.63, 3.8) is 0 Å². The van der Waals surface area contributed by atoms with Crippen LogP contribution in [0, 0.1) is 11.8 Å². The quantitative estimate of drug-likeness (QED) is 0.698. The topological polar surface area (TPSA) is 55.9 Å². The Bertz CT molecular complexity index is 833. The lowest BCUT2D eigenvalue weighted by Crippen LogP contribution is -2.46. The number of amides is 2. The van der Waals surface area contributed by atoms with E-state index in [4.69, 9.17) is 0 Å². The first kappa shape index (κ1) is 25.0. The Kier molecular flexibility index (Phi) is 8.51. The molecule has 6 heteroatoms. The van der Waals surface area contributed by atoms with Crippen LogP contribution in [0.25, 0.3) is 0 Å². The molecule has 0 aromatic heterocycles. The zero-order valence-electron chi connectivity index (χ0n) is 21.5. The lowest BCUT2D eigenvalue weighted by Gasteiger charge is -2.35. The van der Waals surface area contributed by atoms with Crippen molar-refractivity contribution >= 4 is 17.5 Å². The van der Waals surface area contributed by atoms with Crippen LogP contribution in [0.1, 0.15) is 71.3 Å². The van der Waals surface area contributed by atoms with Gasteiger partial charge in [-0.3, -0.25) is 14.5 Å². The molecule has 0 aliphatic carbocycles. The van der Waals surface area contributed by atoms with Gasteiger partial charge in [-0.05, 0) is 68.5 Å². The number of piperidine rings is 1. The smallest absolute Gasteiger partial charge is 0.223 e. The number of anilines is 1. The molecule has 0 spiro atoms. The molecule has 0 unspecified atom stereocenters. The van der Waals surface area contributed by atoms with Crippen molar-refractivity contribution in [3.05, 3.63) is 29.8 Å². The number of benzene rings is 1. The van der Waals surface area contributed by atoms with E-state index < -0.39 is 0 Å². The molecule has 1 aromatic carbocycles. The standard InChI is InChI=1S/C28H44N4O2/c1-21(2)11-17-32-25-8-9-26(32)20-31(19-24-6-4-5-7-27(24)29-14-10-25)28(34)18-23-12-15-30(16-13-23)22(3)33/h4-7,21,23,25-26,29H,8-20H2,1-3H3/t25-,26+/m1/s1. The van der Waals surface area contributed by atoms with Crippen molar-refractivity contribution in [2.45, 2.75) is 84.3 Å². The fourth-order valence-corrected chi connectivity index (χ4v) is 6.04. The number of rotatable bonds is 5. The minimum atomic E-state index is 0.151. The molecule has 2 amide bonds. The lowest BCUT2D eigenvalue weighted by molar-refractivity contribution is -0.134. The van der Waals surface area contributed by atoms with E-state index in [1.165, 1.54) is 30.5 Å². The van der Waals surface area contributed by atoms with Gasteiger partial charge in [0.05, 0.1) is 0 Å². The molecule has 2 saturated heterocycles. The monoisotopic (exact) mass is 468 g/mol.